The summed E-state index contributed by atoms with van der Waals surface area (Å²) in [6.45, 7) is 5.75. The molecule has 1 aliphatic heterocycles. The molecule has 1 atom stereocenters. The molecule has 0 amide bonds. The van der Waals surface area contributed by atoms with Crippen molar-refractivity contribution in [1.82, 2.24) is 4.90 Å². The Hall–Kier alpha value is 0.0600. The second-order valence-corrected chi connectivity index (χ2v) is 7.44. The molecule has 0 saturated carbocycles. The van der Waals surface area contributed by atoms with E-state index in [9.17, 15) is 0 Å². The lowest BCUT2D eigenvalue weighted by Crippen LogP contribution is -2.35. The van der Waals surface area contributed by atoms with Crippen LogP contribution < -0.4 is 5.73 Å². The van der Waals surface area contributed by atoms with E-state index < -0.39 is 0 Å². The van der Waals surface area contributed by atoms with Crippen LogP contribution in [0.15, 0.2) is 10.5 Å². The van der Waals surface area contributed by atoms with Gasteiger partial charge < -0.3 is 10.5 Å². The Morgan fingerprint density at radius 1 is 1.53 bits per heavy atom. The standard InChI is InChI=1S/C14H23BrN2OS/c1-10-12(15)7-14(19-10)13(8-16)17(2)9-11-3-5-18-6-4-11/h7,11,13H,3-6,8-9,16H2,1-2H3. The zero-order valence-electron chi connectivity index (χ0n) is 11.7. The van der Waals surface area contributed by atoms with E-state index in [0.29, 0.717) is 12.6 Å². The van der Waals surface area contributed by atoms with Crippen LogP contribution in [0.1, 0.15) is 28.6 Å². The normalized spacial score (nSPS) is 19.0. The van der Waals surface area contributed by atoms with Gasteiger partial charge in [-0.05, 0) is 54.7 Å². The van der Waals surface area contributed by atoms with Crippen LogP contribution in [-0.2, 0) is 4.74 Å². The average Bonchev–Trinajstić information content (AvgIpc) is 2.71. The predicted octanol–water partition coefficient (Wildman–Crippen LogP) is 3.18. The Labute approximate surface area is 128 Å². The summed E-state index contributed by atoms with van der Waals surface area (Å²) in [5.41, 5.74) is 6.00. The Bertz CT molecular complexity index is 385. The summed E-state index contributed by atoms with van der Waals surface area (Å²) in [6.07, 6.45) is 2.35. The van der Waals surface area contributed by atoms with Crippen LogP contribution in [-0.4, -0.2) is 38.3 Å². The fourth-order valence-electron chi connectivity index (χ4n) is 2.62. The fraction of sp³-hybridized carbons (Fsp3) is 0.714. The molecular formula is C14H23BrN2OS. The smallest absolute Gasteiger partial charge is 0.0562 e. The zero-order valence-corrected chi connectivity index (χ0v) is 14.1. The van der Waals surface area contributed by atoms with Gasteiger partial charge in [-0.3, -0.25) is 4.90 Å². The molecule has 19 heavy (non-hydrogen) atoms. The Morgan fingerprint density at radius 3 is 2.74 bits per heavy atom. The van der Waals surface area contributed by atoms with Gasteiger partial charge in [-0.1, -0.05) is 0 Å². The van der Waals surface area contributed by atoms with E-state index in [1.54, 1.807) is 0 Å². The number of thiophene rings is 1. The van der Waals surface area contributed by atoms with Gasteiger partial charge in [0, 0.05) is 40.5 Å². The molecule has 5 heteroatoms. The minimum absolute atomic E-state index is 0.331. The lowest BCUT2D eigenvalue weighted by molar-refractivity contribution is 0.0509. The lowest BCUT2D eigenvalue weighted by atomic mass is 9.99. The van der Waals surface area contributed by atoms with Gasteiger partial charge in [0.05, 0.1) is 6.04 Å². The van der Waals surface area contributed by atoms with Crippen molar-refractivity contribution in [2.75, 3.05) is 33.4 Å². The Kier molecular flexibility index (Phi) is 5.84. The highest BCUT2D eigenvalue weighted by molar-refractivity contribution is 9.10. The van der Waals surface area contributed by atoms with E-state index in [4.69, 9.17) is 10.5 Å². The highest BCUT2D eigenvalue weighted by atomic mass is 79.9. The monoisotopic (exact) mass is 346 g/mol. The number of rotatable bonds is 5. The molecule has 0 bridgehead atoms. The van der Waals surface area contributed by atoms with E-state index in [2.05, 4.69) is 40.9 Å². The predicted molar refractivity (Wildman–Crippen MR) is 84.7 cm³/mol. The maximum atomic E-state index is 6.00. The molecule has 108 valence electrons. The van der Waals surface area contributed by atoms with Crippen molar-refractivity contribution < 1.29 is 4.74 Å². The molecule has 1 aliphatic rings. The van der Waals surface area contributed by atoms with Gasteiger partial charge in [-0.2, -0.15) is 0 Å². The van der Waals surface area contributed by atoms with Gasteiger partial charge in [0.1, 0.15) is 0 Å². The van der Waals surface area contributed by atoms with Gasteiger partial charge in [-0.25, -0.2) is 0 Å². The second-order valence-electron chi connectivity index (χ2n) is 5.30. The Morgan fingerprint density at radius 2 is 2.21 bits per heavy atom. The van der Waals surface area contributed by atoms with Crippen molar-refractivity contribution >= 4 is 27.3 Å². The van der Waals surface area contributed by atoms with E-state index in [1.165, 1.54) is 27.1 Å². The summed E-state index contributed by atoms with van der Waals surface area (Å²) in [5, 5.41) is 0. The van der Waals surface area contributed by atoms with Crippen molar-refractivity contribution in [3.05, 3.63) is 20.3 Å². The van der Waals surface area contributed by atoms with Crippen LogP contribution >= 0.6 is 27.3 Å². The van der Waals surface area contributed by atoms with Crippen LogP contribution in [0.25, 0.3) is 0 Å². The average molecular weight is 347 g/mol. The summed E-state index contributed by atoms with van der Waals surface area (Å²) in [6, 6.07) is 2.55. The highest BCUT2D eigenvalue weighted by Crippen LogP contribution is 2.33. The minimum Gasteiger partial charge on any atom is -0.381 e. The molecular weight excluding hydrogens is 324 g/mol. The molecule has 1 aromatic rings. The van der Waals surface area contributed by atoms with Gasteiger partial charge in [0.2, 0.25) is 0 Å². The summed E-state index contributed by atoms with van der Waals surface area (Å²) >= 11 is 5.44. The molecule has 1 aromatic heterocycles. The number of ether oxygens (including phenoxy) is 1. The minimum atomic E-state index is 0.331. The van der Waals surface area contributed by atoms with Crippen molar-refractivity contribution in [3.63, 3.8) is 0 Å². The molecule has 2 rings (SSSR count). The highest BCUT2D eigenvalue weighted by Gasteiger charge is 2.22. The molecule has 3 nitrogen and oxygen atoms in total. The second kappa shape index (κ2) is 7.18. The number of hydrogen-bond acceptors (Lipinski definition) is 4. The quantitative estimate of drug-likeness (QED) is 0.889. The van der Waals surface area contributed by atoms with Gasteiger partial charge in [0.15, 0.2) is 0 Å². The zero-order chi connectivity index (χ0) is 13.8. The molecule has 0 aromatic carbocycles. The topological polar surface area (TPSA) is 38.5 Å². The number of halogens is 1. The molecule has 0 spiro atoms. The third kappa shape index (κ3) is 4.02. The SMILES string of the molecule is Cc1sc(C(CN)N(C)CC2CCOCC2)cc1Br. The number of likely N-dealkylation sites (N-methyl/N-ethyl adjacent to an activating group) is 1. The molecule has 2 heterocycles. The number of hydrogen-bond donors (Lipinski definition) is 1. The van der Waals surface area contributed by atoms with Crippen molar-refractivity contribution in [2.24, 2.45) is 11.7 Å². The van der Waals surface area contributed by atoms with Gasteiger partial charge >= 0.3 is 0 Å². The summed E-state index contributed by atoms with van der Waals surface area (Å²) in [7, 11) is 2.19. The number of aryl methyl sites for hydroxylation is 1. The van der Waals surface area contributed by atoms with Crippen LogP contribution in [0, 0.1) is 12.8 Å². The maximum absolute atomic E-state index is 6.00. The maximum Gasteiger partial charge on any atom is 0.0562 e. The largest absolute Gasteiger partial charge is 0.381 e. The molecule has 0 radical (unpaired) electrons. The van der Waals surface area contributed by atoms with E-state index >= 15 is 0 Å². The summed E-state index contributed by atoms with van der Waals surface area (Å²) in [4.78, 5) is 5.10. The fourth-order valence-corrected chi connectivity index (χ4v) is 4.36. The molecule has 1 unspecified atom stereocenters. The van der Waals surface area contributed by atoms with Crippen LogP contribution in [0.3, 0.4) is 0 Å². The first-order valence-electron chi connectivity index (χ1n) is 6.85. The van der Waals surface area contributed by atoms with Gasteiger partial charge in [0.25, 0.3) is 0 Å². The molecule has 0 aliphatic carbocycles. The third-order valence-corrected chi connectivity index (χ3v) is 6.08. The van der Waals surface area contributed by atoms with E-state index in [1.807, 2.05) is 11.3 Å². The van der Waals surface area contributed by atoms with Crippen molar-refractivity contribution in [2.45, 2.75) is 25.8 Å². The number of nitrogens with two attached hydrogens (primary N) is 1. The molecule has 1 saturated heterocycles. The first kappa shape index (κ1) is 15.4. The van der Waals surface area contributed by atoms with Crippen LogP contribution in [0.2, 0.25) is 0 Å². The number of nitrogens with zero attached hydrogens (tertiary/aromatic N) is 1. The van der Waals surface area contributed by atoms with Crippen molar-refractivity contribution in [1.29, 1.82) is 0 Å². The Balaban J connectivity index is 1.99. The first-order chi connectivity index (χ1) is 9.11. The molecule has 1 fully saturated rings. The molecule has 2 N–H and O–H groups in total. The summed E-state index contributed by atoms with van der Waals surface area (Å²) < 4.78 is 6.62. The lowest BCUT2D eigenvalue weighted by Gasteiger charge is -2.31. The van der Waals surface area contributed by atoms with Crippen molar-refractivity contribution in [3.8, 4) is 0 Å². The van der Waals surface area contributed by atoms with E-state index in [0.717, 1.165) is 25.7 Å². The van der Waals surface area contributed by atoms with Gasteiger partial charge in [-0.15, -0.1) is 11.3 Å². The first-order valence-corrected chi connectivity index (χ1v) is 8.46. The van der Waals surface area contributed by atoms with E-state index in [-0.39, 0.29) is 0 Å². The van der Waals surface area contributed by atoms with Crippen LogP contribution in [0.5, 0.6) is 0 Å². The van der Waals surface area contributed by atoms with Crippen LogP contribution in [0.4, 0.5) is 0 Å². The summed E-state index contributed by atoms with van der Waals surface area (Å²) in [5.74, 6) is 0.747. The third-order valence-electron chi connectivity index (χ3n) is 3.85.